The highest BCUT2D eigenvalue weighted by Gasteiger charge is 2.11. The summed E-state index contributed by atoms with van der Waals surface area (Å²) >= 11 is 8.95. The molecule has 1 aromatic rings. The summed E-state index contributed by atoms with van der Waals surface area (Å²) in [6.07, 6.45) is 6.55. The maximum Gasteiger partial charge on any atom is 0.0742 e. The van der Waals surface area contributed by atoms with Gasteiger partial charge in [-0.05, 0) is 55.8 Å². The lowest BCUT2D eigenvalue weighted by molar-refractivity contribution is 0.449. The van der Waals surface area contributed by atoms with Gasteiger partial charge in [0, 0.05) is 0 Å². The first-order valence-corrected chi connectivity index (χ1v) is 8.01. The van der Waals surface area contributed by atoms with Crippen molar-refractivity contribution in [3.63, 3.8) is 0 Å². The molecule has 1 atom stereocenters. The lowest BCUT2D eigenvalue weighted by Gasteiger charge is -2.13. The maximum absolute atomic E-state index is 3.63. The summed E-state index contributed by atoms with van der Waals surface area (Å²) in [6, 6.07) is 2.25. The fraction of sp³-hybridized carbons (Fsp3) is 0.667. The van der Waals surface area contributed by atoms with Gasteiger partial charge >= 0.3 is 0 Å². The molecule has 0 bridgehead atoms. The summed E-state index contributed by atoms with van der Waals surface area (Å²) in [6.45, 7) is 4.57. The van der Waals surface area contributed by atoms with Crippen LogP contribution < -0.4 is 0 Å². The van der Waals surface area contributed by atoms with Gasteiger partial charge in [-0.25, -0.2) is 0 Å². The molecule has 1 aromatic heterocycles. The second-order valence-corrected chi connectivity index (χ2v) is 7.72. The molecule has 0 unspecified atom stereocenters. The predicted octanol–water partition coefficient (Wildman–Crippen LogP) is 6.03. The van der Waals surface area contributed by atoms with Crippen LogP contribution >= 0.6 is 43.2 Å². The average Bonchev–Trinajstić information content (AvgIpc) is 2.52. The third-order valence-corrected chi connectivity index (χ3v) is 5.24. The molecule has 0 spiro atoms. The lowest BCUT2D eigenvalue weighted by Crippen LogP contribution is -2.02. The number of thiophene rings is 1. The van der Waals surface area contributed by atoms with Crippen molar-refractivity contribution < 1.29 is 0 Å². The second kappa shape index (κ2) is 7.08. The minimum atomic E-state index is 0.850. The molecule has 0 saturated carbocycles. The minimum Gasteiger partial charge on any atom is -0.121 e. The molecule has 0 amide bonds. The Kier molecular flexibility index (Phi) is 6.48. The van der Waals surface area contributed by atoms with Gasteiger partial charge in [-0.2, -0.15) is 0 Å². The van der Waals surface area contributed by atoms with Crippen LogP contribution in [-0.2, 0) is 6.42 Å². The summed E-state index contributed by atoms with van der Waals surface area (Å²) in [4.78, 5) is 0. The van der Waals surface area contributed by atoms with Crippen molar-refractivity contribution in [2.45, 2.75) is 46.0 Å². The number of hydrogen-bond donors (Lipinski definition) is 0. The smallest absolute Gasteiger partial charge is 0.0742 e. The summed E-state index contributed by atoms with van der Waals surface area (Å²) < 4.78 is 2.53. The third-order valence-electron chi connectivity index (χ3n) is 2.78. The number of hydrogen-bond acceptors (Lipinski definition) is 1. The molecule has 1 rings (SSSR count). The van der Waals surface area contributed by atoms with Crippen molar-refractivity contribution in [1.29, 1.82) is 0 Å². The Balaban J connectivity index is 2.54. The Hall–Kier alpha value is 0.660. The zero-order chi connectivity index (χ0) is 11.3. The van der Waals surface area contributed by atoms with Gasteiger partial charge in [-0.3, -0.25) is 0 Å². The number of rotatable bonds is 6. The van der Waals surface area contributed by atoms with E-state index in [0.717, 1.165) is 5.92 Å². The molecule has 0 N–H and O–H groups in total. The zero-order valence-corrected chi connectivity index (χ0v) is 13.3. The van der Waals surface area contributed by atoms with Crippen LogP contribution in [-0.4, -0.2) is 0 Å². The highest BCUT2D eigenvalue weighted by molar-refractivity contribution is 9.12. The van der Waals surface area contributed by atoms with E-state index in [2.05, 4.69) is 51.8 Å². The summed E-state index contributed by atoms with van der Waals surface area (Å²) in [5, 5.41) is 0. The molecule has 0 nitrogen and oxygen atoms in total. The van der Waals surface area contributed by atoms with Crippen LogP contribution in [0.5, 0.6) is 0 Å². The molecule has 15 heavy (non-hydrogen) atoms. The molecule has 0 radical (unpaired) electrons. The van der Waals surface area contributed by atoms with E-state index in [1.807, 2.05) is 0 Å². The van der Waals surface area contributed by atoms with Gasteiger partial charge in [0.15, 0.2) is 0 Å². The fourth-order valence-electron chi connectivity index (χ4n) is 1.77. The van der Waals surface area contributed by atoms with Gasteiger partial charge in [0.05, 0.1) is 7.57 Å². The van der Waals surface area contributed by atoms with Gasteiger partial charge in [0.25, 0.3) is 0 Å². The van der Waals surface area contributed by atoms with Crippen LogP contribution in [0.2, 0.25) is 0 Å². The van der Waals surface area contributed by atoms with Crippen LogP contribution in [0.25, 0.3) is 0 Å². The van der Waals surface area contributed by atoms with Crippen LogP contribution in [0.15, 0.2) is 13.6 Å². The Morgan fingerprint density at radius 2 is 2.07 bits per heavy atom. The van der Waals surface area contributed by atoms with Crippen molar-refractivity contribution in [2.24, 2.45) is 5.92 Å². The second-order valence-electron chi connectivity index (χ2n) is 3.97. The first-order chi connectivity index (χ1) is 7.17. The molecule has 0 fully saturated rings. The van der Waals surface area contributed by atoms with E-state index in [1.165, 1.54) is 45.2 Å². The van der Waals surface area contributed by atoms with Crippen LogP contribution in [0.4, 0.5) is 0 Å². The van der Waals surface area contributed by atoms with Crippen molar-refractivity contribution in [1.82, 2.24) is 0 Å². The SMILES string of the molecule is CCCC[C@H](CC)Cc1cc(Br)sc1Br. The summed E-state index contributed by atoms with van der Waals surface area (Å²) in [5.74, 6) is 0.850. The Bertz CT molecular complexity index is 294. The van der Waals surface area contributed by atoms with Crippen molar-refractivity contribution in [2.75, 3.05) is 0 Å². The van der Waals surface area contributed by atoms with E-state index >= 15 is 0 Å². The molecule has 3 heteroatoms. The van der Waals surface area contributed by atoms with E-state index in [0.29, 0.717) is 0 Å². The quantitative estimate of drug-likeness (QED) is 0.585. The average molecular weight is 354 g/mol. The van der Waals surface area contributed by atoms with E-state index in [-0.39, 0.29) is 0 Å². The number of halogens is 2. The van der Waals surface area contributed by atoms with Gasteiger partial charge in [-0.1, -0.05) is 39.5 Å². The van der Waals surface area contributed by atoms with Gasteiger partial charge < -0.3 is 0 Å². The predicted molar refractivity (Wildman–Crippen MR) is 76.7 cm³/mol. The topological polar surface area (TPSA) is 0 Å². The van der Waals surface area contributed by atoms with E-state index in [4.69, 9.17) is 0 Å². The molecule has 0 aliphatic heterocycles. The summed E-state index contributed by atoms with van der Waals surface area (Å²) in [7, 11) is 0. The van der Waals surface area contributed by atoms with Gasteiger partial charge in [0.2, 0.25) is 0 Å². The Morgan fingerprint density at radius 3 is 2.53 bits per heavy atom. The highest BCUT2D eigenvalue weighted by atomic mass is 79.9. The largest absolute Gasteiger partial charge is 0.121 e. The van der Waals surface area contributed by atoms with E-state index < -0.39 is 0 Å². The minimum absolute atomic E-state index is 0.850. The molecular weight excluding hydrogens is 336 g/mol. The monoisotopic (exact) mass is 352 g/mol. The standard InChI is InChI=1S/C12H18Br2S/c1-3-5-6-9(4-2)7-10-8-11(13)15-12(10)14/h8-9H,3-7H2,1-2H3/t9-/m0/s1. The molecule has 0 aromatic carbocycles. The van der Waals surface area contributed by atoms with E-state index in [1.54, 1.807) is 11.3 Å². The molecule has 0 aliphatic rings. The van der Waals surface area contributed by atoms with Crippen molar-refractivity contribution >= 4 is 43.2 Å². The first kappa shape index (κ1) is 13.7. The zero-order valence-electron chi connectivity index (χ0n) is 9.35. The number of unbranched alkanes of at least 4 members (excludes halogenated alkanes) is 1. The molecule has 1 heterocycles. The Labute approximate surface area is 114 Å². The maximum atomic E-state index is 3.63. The van der Waals surface area contributed by atoms with Gasteiger partial charge in [0.1, 0.15) is 0 Å². The fourth-order valence-corrected chi connectivity index (χ4v) is 4.63. The Morgan fingerprint density at radius 1 is 1.33 bits per heavy atom. The molecule has 86 valence electrons. The van der Waals surface area contributed by atoms with Crippen molar-refractivity contribution in [3.05, 3.63) is 19.2 Å². The van der Waals surface area contributed by atoms with Crippen LogP contribution in [0.1, 0.15) is 45.1 Å². The third kappa shape index (κ3) is 4.58. The van der Waals surface area contributed by atoms with E-state index in [9.17, 15) is 0 Å². The highest BCUT2D eigenvalue weighted by Crippen LogP contribution is 2.34. The molecule has 0 aliphatic carbocycles. The summed E-state index contributed by atoms with van der Waals surface area (Å²) in [5.41, 5.74) is 1.47. The van der Waals surface area contributed by atoms with Crippen LogP contribution in [0.3, 0.4) is 0 Å². The lowest BCUT2D eigenvalue weighted by atomic mass is 9.93. The van der Waals surface area contributed by atoms with Gasteiger partial charge in [-0.15, -0.1) is 11.3 Å². The molecule has 0 saturated heterocycles. The first-order valence-electron chi connectivity index (χ1n) is 5.61. The van der Waals surface area contributed by atoms with Crippen LogP contribution in [0, 0.1) is 5.92 Å². The van der Waals surface area contributed by atoms with Crippen molar-refractivity contribution in [3.8, 4) is 0 Å². The normalized spacial score (nSPS) is 13.1. The molecular formula is C12H18Br2S.